The van der Waals surface area contributed by atoms with Gasteiger partial charge in [0.05, 0.1) is 5.69 Å². The molecule has 0 saturated carbocycles. The minimum atomic E-state index is 0.932. The SMILES string of the molecule is C=c1cccc/c1=C/C=C/N(C1=CC=CCC1)c1ccc2c(C3=CC=CCC3)c3cc(N(c4ccccc4)c4ccc5ccccc5c4)ccc3c(N(c3ccccc3)c3ccc(-c4ccccc4)cc3)c2c1. The topological polar surface area (TPSA) is 9.72 Å². The molecule has 0 radical (unpaired) electrons. The van der Waals surface area contributed by atoms with E-state index in [-0.39, 0.29) is 0 Å². The van der Waals surface area contributed by atoms with E-state index in [0.29, 0.717) is 0 Å². The first kappa shape index (κ1) is 45.0. The van der Waals surface area contributed by atoms with Crippen LogP contribution >= 0.6 is 0 Å². The van der Waals surface area contributed by atoms with Gasteiger partial charge in [-0.25, -0.2) is 0 Å². The molecule has 0 N–H and O–H groups in total. The van der Waals surface area contributed by atoms with Gasteiger partial charge in [-0.3, -0.25) is 0 Å². The molecule has 3 nitrogen and oxygen atoms in total. The van der Waals surface area contributed by atoms with Gasteiger partial charge in [0.15, 0.2) is 0 Å². The highest BCUT2D eigenvalue weighted by atomic mass is 15.2. The van der Waals surface area contributed by atoms with Crippen molar-refractivity contribution in [2.45, 2.75) is 25.7 Å². The number of hydrogen-bond donors (Lipinski definition) is 0. The summed E-state index contributed by atoms with van der Waals surface area (Å²) in [5.41, 5.74) is 13.9. The van der Waals surface area contributed by atoms with Crippen LogP contribution in [0.25, 0.3) is 61.7 Å². The van der Waals surface area contributed by atoms with E-state index in [4.69, 9.17) is 0 Å². The van der Waals surface area contributed by atoms with Crippen LogP contribution in [0.4, 0.5) is 39.8 Å². The summed E-state index contributed by atoms with van der Waals surface area (Å²) in [6.07, 6.45) is 24.0. The largest absolute Gasteiger partial charge is 0.321 e. The quantitative estimate of drug-likeness (QED) is 0.113. The zero-order valence-corrected chi connectivity index (χ0v) is 40.9. The summed E-state index contributed by atoms with van der Waals surface area (Å²) in [5.74, 6) is 0. The second kappa shape index (κ2) is 20.3. The lowest BCUT2D eigenvalue weighted by Gasteiger charge is -2.32. The standard InChI is InChI=1S/C70H55N3/c1-51-22-17-18-23-52(51)30-21-47-71(58-31-11-4-12-32-58)62-43-45-65-68(49-62)70(73(60-35-15-6-16-36-60)61-40-37-55(38-41-61)53-24-7-2-8-25-53)66-46-44-64(50-67(66)69(65)56-27-9-3-10-28-56)72(59-33-13-5-14-34-59)63-42-39-54-26-19-20-29-57(54)48-63/h2-9,11,13-27,29-31,33-50H,1,10,12,28,32H2/b47-21+,52-30-. The molecule has 0 heterocycles. The third kappa shape index (κ3) is 9.10. The van der Waals surface area contributed by atoms with Gasteiger partial charge in [-0.05, 0) is 165 Å². The van der Waals surface area contributed by atoms with Gasteiger partial charge in [-0.2, -0.15) is 0 Å². The zero-order valence-electron chi connectivity index (χ0n) is 40.9. The molecule has 10 aromatic rings. The predicted molar refractivity (Wildman–Crippen MR) is 314 cm³/mol. The number of rotatable bonds is 12. The fourth-order valence-corrected chi connectivity index (χ4v) is 10.7. The molecule has 0 atom stereocenters. The highest BCUT2D eigenvalue weighted by molar-refractivity contribution is 6.21. The van der Waals surface area contributed by atoms with E-state index in [1.165, 1.54) is 60.3 Å². The van der Waals surface area contributed by atoms with E-state index in [9.17, 15) is 0 Å². The first-order valence-corrected chi connectivity index (χ1v) is 25.5. The zero-order chi connectivity index (χ0) is 48.9. The molecule has 0 aromatic heterocycles. The Hall–Kier alpha value is -9.18. The fraction of sp³-hybridized carbons (Fsp3) is 0.0571. The number of para-hydroxylation sites is 2. The Balaban J connectivity index is 1.16. The molecule has 2 aliphatic carbocycles. The maximum atomic E-state index is 4.31. The van der Waals surface area contributed by atoms with Gasteiger partial charge in [0, 0.05) is 56.8 Å². The highest BCUT2D eigenvalue weighted by Crippen LogP contribution is 2.51. The van der Waals surface area contributed by atoms with E-state index in [1.54, 1.807) is 0 Å². The van der Waals surface area contributed by atoms with Crippen molar-refractivity contribution < 1.29 is 0 Å². The number of fused-ring (bicyclic) bond motifs is 3. The first-order chi connectivity index (χ1) is 36.1. The van der Waals surface area contributed by atoms with Gasteiger partial charge in [0.2, 0.25) is 0 Å². The summed E-state index contributed by atoms with van der Waals surface area (Å²) in [6, 6.07) is 79.5. The molecule has 350 valence electrons. The van der Waals surface area contributed by atoms with Crippen LogP contribution in [0.3, 0.4) is 0 Å². The average molecular weight is 938 g/mol. The number of allylic oxidation sites excluding steroid dienone is 9. The number of benzene rings is 10. The van der Waals surface area contributed by atoms with Crippen LogP contribution in [-0.2, 0) is 0 Å². The smallest absolute Gasteiger partial charge is 0.0619 e. The van der Waals surface area contributed by atoms with Crippen molar-refractivity contribution in [1.29, 1.82) is 0 Å². The molecule has 2 aliphatic rings. The lowest BCUT2D eigenvalue weighted by molar-refractivity contribution is 0.915. The van der Waals surface area contributed by atoms with Crippen LogP contribution in [0.5, 0.6) is 0 Å². The molecule has 0 fully saturated rings. The monoisotopic (exact) mass is 937 g/mol. The summed E-state index contributed by atoms with van der Waals surface area (Å²) >= 11 is 0. The van der Waals surface area contributed by atoms with Crippen LogP contribution in [0.15, 0.2) is 273 Å². The molecule has 0 bridgehead atoms. The number of nitrogens with zero attached hydrogens (tertiary/aromatic N) is 3. The van der Waals surface area contributed by atoms with Crippen LogP contribution in [-0.4, -0.2) is 0 Å². The molecule has 3 heteroatoms. The second-order valence-electron chi connectivity index (χ2n) is 18.8. The van der Waals surface area contributed by atoms with Gasteiger partial charge in [0.25, 0.3) is 0 Å². The normalized spacial score (nSPS) is 13.7. The Morgan fingerprint density at radius 1 is 0.411 bits per heavy atom. The van der Waals surface area contributed by atoms with Crippen LogP contribution in [0.1, 0.15) is 31.2 Å². The van der Waals surface area contributed by atoms with Gasteiger partial charge < -0.3 is 14.7 Å². The Labute approximate surface area is 428 Å². The van der Waals surface area contributed by atoms with Gasteiger partial charge >= 0.3 is 0 Å². The van der Waals surface area contributed by atoms with Gasteiger partial charge in [-0.15, -0.1) is 0 Å². The van der Waals surface area contributed by atoms with Crippen molar-refractivity contribution in [1.82, 2.24) is 0 Å². The third-order valence-electron chi connectivity index (χ3n) is 14.3. The van der Waals surface area contributed by atoms with Gasteiger partial charge in [-0.1, -0.05) is 189 Å². The Morgan fingerprint density at radius 2 is 0.986 bits per heavy atom. The summed E-state index contributed by atoms with van der Waals surface area (Å²) in [6.45, 7) is 4.31. The molecule has 0 saturated heterocycles. The highest BCUT2D eigenvalue weighted by Gasteiger charge is 2.26. The lowest BCUT2D eigenvalue weighted by Crippen LogP contribution is -2.21. The minimum Gasteiger partial charge on any atom is -0.321 e. The lowest BCUT2D eigenvalue weighted by atomic mass is 9.86. The molecule has 0 amide bonds. The Morgan fingerprint density at radius 3 is 1.71 bits per heavy atom. The summed E-state index contributed by atoms with van der Waals surface area (Å²) in [7, 11) is 0. The molecular weight excluding hydrogens is 883 g/mol. The molecular formula is C70H55N3. The summed E-state index contributed by atoms with van der Waals surface area (Å²) in [5, 5.41) is 9.29. The van der Waals surface area contributed by atoms with E-state index in [0.717, 1.165) is 75.9 Å². The molecule has 0 aliphatic heterocycles. The number of anilines is 7. The number of hydrogen-bond acceptors (Lipinski definition) is 3. The van der Waals surface area contributed by atoms with E-state index >= 15 is 0 Å². The van der Waals surface area contributed by atoms with Crippen LogP contribution < -0.4 is 25.1 Å². The summed E-state index contributed by atoms with van der Waals surface area (Å²) in [4.78, 5) is 7.28. The fourth-order valence-electron chi connectivity index (χ4n) is 10.7. The molecule has 0 unspecified atom stereocenters. The van der Waals surface area contributed by atoms with E-state index in [1.807, 2.05) is 6.07 Å². The van der Waals surface area contributed by atoms with E-state index < -0.39 is 0 Å². The average Bonchev–Trinajstić information content (AvgIpc) is 3.46. The van der Waals surface area contributed by atoms with Crippen molar-refractivity contribution in [3.63, 3.8) is 0 Å². The first-order valence-electron chi connectivity index (χ1n) is 25.5. The van der Waals surface area contributed by atoms with E-state index in [2.05, 4.69) is 288 Å². The van der Waals surface area contributed by atoms with Crippen molar-refractivity contribution in [3.05, 3.63) is 289 Å². The molecule has 10 aromatic carbocycles. The summed E-state index contributed by atoms with van der Waals surface area (Å²) < 4.78 is 0. The predicted octanol–water partition coefficient (Wildman–Crippen LogP) is 17.9. The molecule has 73 heavy (non-hydrogen) atoms. The van der Waals surface area contributed by atoms with Crippen molar-refractivity contribution in [2.75, 3.05) is 14.7 Å². The van der Waals surface area contributed by atoms with Crippen molar-refractivity contribution >= 4 is 90.4 Å². The van der Waals surface area contributed by atoms with Crippen LogP contribution in [0.2, 0.25) is 0 Å². The maximum absolute atomic E-state index is 4.31. The minimum absolute atomic E-state index is 0.932. The Kier molecular flexibility index (Phi) is 12.5. The van der Waals surface area contributed by atoms with Crippen molar-refractivity contribution in [3.8, 4) is 11.1 Å². The third-order valence-corrected chi connectivity index (χ3v) is 14.3. The molecule has 0 spiro atoms. The second-order valence-corrected chi connectivity index (χ2v) is 18.8. The Bertz CT molecular complexity index is 3920. The van der Waals surface area contributed by atoms with Crippen molar-refractivity contribution in [2.24, 2.45) is 0 Å². The van der Waals surface area contributed by atoms with Crippen LogP contribution in [0, 0.1) is 0 Å². The molecule has 12 rings (SSSR count). The maximum Gasteiger partial charge on any atom is 0.0619 e. The van der Waals surface area contributed by atoms with Gasteiger partial charge in [0.1, 0.15) is 0 Å².